The Labute approximate surface area is 202 Å². The van der Waals surface area contributed by atoms with E-state index in [0.29, 0.717) is 31.9 Å². The van der Waals surface area contributed by atoms with Crippen molar-refractivity contribution in [1.29, 1.82) is 0 Å². The predicted molar refractivity (Wildman–Crippen MR) is 137 cm³/mol. The van der Waals surface area contributed by atoms with Crippen LogP contribution in [0.2, 0.25) is 0 Å². The largest absolute Gasteiger partial charge is 0.368 e. The highest BCUT2D eigenvalue weighted by atomic mass is 32.2. The molecular weight excluding hydrogens is 448 g/mol. The van der Waals surface area contributed by atoms with E-state index in [9.17, 15) is 13.2 Å². The Morgan fingerprint density at radius 3 is 2.29 bits per heavy atom. The number of nitrogens with zero attached hydrogens (tertiary/aromatic N) is 4. The average molecular weight is 483 g/mol. The van der Waals surface area contributed by atoms with Gasteiger partial charge in [0.1, 0.15) is 5.69 Å². The molecule has 8 heteroatoms. The minimum absolute atomic E-state index is 0.0209. The van der Waals surface area contributed by atoms with E-state index in [1.807, 2.05) is 36.4 Å². The Kier molecular flexibility index (Phi) is 6.73. The van der Waals surface area contributed by atoms with Crippen LogP contribution in [-0.2, 0) is 17.1 Å². The number of hydrogen-bond donors (Lipinski definition) is 0. The van der Waals surface area contributed by atoms with Crippen LogP contribution in [0.3, 0.4) is 0 Å². The summed E-state index contributed by atoms with van der Waals surface area (Å²) in [7, 11) is -1.69. The smallest absolute Gasteiger partial charge is 0.270 e. The maximum atomic E-state index is 13.4. The van der Waals surface area contributed by atoms with Crippen molar-refractivity contribution >= 4 is 32.5 Å². The second-order valence-corrected chi connectivity index (χ2v) is 10.8. The highest BCUT2D eigenvalue weighted by molar-refractivity contribution is 7.89. The fourth-order valence-corrected chi connectivity index (χ4v) is 6.29. The molecule has 3 aromatic rings. The molecule has 2 aromatic carbocycles. The summed E-state index contributed by atoms with van der Waals surface area (Å²) >= 11 is 0. The number of carbonyl (C=O) groups excluding carboxylic acids is 1. The number of amides is 1. The first kappa shape index (κ1) is 24.3. The molecular formula is C26H34N4O3S. The molecule has 1 fully saturated rings. The normalized spacial score (nSPS) is 14.9. The van der Waals surface area contributed by atoms with Crippen LogP contribution >= 0.6 is 0 Å². The Bertz CT molecular complexity index is 1320. The van der Waals surface area contributed by atoms with Gasteiger partial charge in [0.2, 0.25) is 10.0 Å². The van der Waals surface area contributed by atoms with Gasteiger partial charge in [-0.15, -0.1) is 0 Å². The molecule has 0 N–H and O–H groups in total. The molecule has 182 valence electrons. The number of carbonyl (C=O) groups is 1. The van der Waals surface area contributed by atoms with Crippen LogP contribution in [0.15, 0.2) is 47.4 Å². The summed E-state index contributed by atoms with van der Waals surface area (Å²) in [6.07, 6.45) is 0. The molecule has 7 nitrogen and oxygen atoms in total. The van der Waals surface area contributed by atoms with Crippen molar-refractivity contribution in [3.05, 3.63) is 59.3 Å². The molecule has 0 atom stereocenters. The van der Waals surface area contributed by atoms with Gasteiger partial charge in [-0.1, -0.05) is 26.0 Å². The van der Waals surface area contributed by atoms with E-state index < -0.39 is 10.0 Å². The summed E-state index contributed by atoms with van der Waals surface area (Å²) in [6, 6.07) is 13.3. The quantitative estimate of drug-likeness (QED) is 0.536. The van der Waals surface area contributed by atoms with Gasteiger partial charge in [0, 0.05) is 62.9 Å². The monoisotopic (exact) mass is 482 g/mol. The molecule has 0 bridgehead atoms. The predicted octanol–water partition coefficient (Wildman–Crippen LogP) is 3.79. The van der Waals surface area contributed by atoms with Crippen LogP contribution in [0.25, 0.3) is 10.9 Å². The molecule has 34 heavy (non-hydrogen) atoms. The lowest BCUT2D eigenvalue weighted by Crippen LogP contribution is -2.49. The van der Waals surface area contributed by atoms with Gasteiger partial charge in [0.15, 0.2) is 0 Å². The lowest BCUT2D eigenvalue weighted by Gasteiger charge is -2.37. The van der Waals surface area contributed by atoms with Crippen molar-refractivity contribution in [1.82, 2.24) is 13.8 Å². The van der Waals surface area contributed by atoms with Crippen LogP contribution in [0.5, 0.6) is 0 Å². The molecule has 0 aliphatic carbocycles. The van der Waals surface area contributed by atoms with Crippen LogP contribution in [0.1, 0.15) is 35.5 Å². The van der Waals surface area contributed by atoms with E-state index in [1.165, 1.54) is 21.1 Å². The zero-order valence-electron chi connectivity index (χ0n) is 20.7. The zero-order chi connectivity index (χ0) is 24.6. The summed E-state index contributed by atoms with van der Waals surface area (Å²) in [5.41, 5.74) is 5.21. The van der Waals surface area contributed by atoms with Crippen molar-refractivity contribution in [2.45, 2.75) is 32.6 Å². The maximum Gasteiger partial charge on any atom is 0.270 e. The number of piperazine rings is 1. The summed E-state index contributed by atoms with van der Waals surface area (Å²) in [5, 5.41) is 0.758. The lowest BCUT2D eigenvalue weighted by atomic mass is 10.1. The van der Waals surface area contributed by atoms with Crippen molar-refractivity contribution < 1.29 is 13.2 Å². The fraction of sp³-hybridized carbons (Fsp3) is 0.423. The maximum absolute atomic E-state index is 13.4. The SMILES string of the molecule is CCN(CC)S(=O)(=O)c1ccc2c(c1)cc(C(=O)N1CCN(c3cccc(C)c3C)CC1)n2C. The van der Waals surface area contributed by atoms with Gasteiger partial charge in [-0.2, -0.15) is 4.31 Å². The standard InChI is InChI=1S/C26H34N4O3S/c1-6-30(7-2)34(32,33)22-11-12-24-21(17-22)18-25(27(24)5)26(31)29-15-13-28(14-16-29)23-10-8-9-19(3)20(23)4/h8-12,17-18H,6-7,13-16H2,1-5H3. The number of aryl methyl sites for hydroxylation is 2. The topological polar surface area (TPSA) is 65.9 Å². The van der Waals surface area contributed by atoms with E-state index in [4.69, 9.17) is 0 Å². The van der Waals surface area contributed by atoms with Crippen molar-refractivity contribution in [3.8, 4) is 0 Å². The number of aromatic nitrogens is 1. The summed E-state index contributed by atoms with van der Waals surface area (Å²) < 4.78 is 29.2. The first-order chi connectivity index (χ1) is 16.2. The highest BCUT2D eigenvalue weighted by Gasteiger charge is 2.27. The summed E-state index contributed by atoms with van der Waals surface area (Å²) in [5.74, 6) is -0.0209. The minimum atomic E-state index is -3.55. The minimum Gasteiger partial charge on any atom is -0.368 e. The molecule has 4 rings (SSSR count). The van der Waals surface area contributed by atoms with E-state index in [-0.39, 0.29) is 10.8 Å². The third-order valence-electron chi connectivity index (χ3n) is 7.06. The zero-order valence-corrected chi connectivity index (χ0v) is 21.5. The molecule has 1 aromatic heterocycles. The van der Waals surface area contributed by atoms with Gasteiger partial charge in [0.05, 0.1) is 4.90 Å². The summed E-state index contributed by atoms with van der Waals surface area (Å²) in [4.78, 5) is 17.9. The van der Waals surface area contributed by atoms with Gasteiger partial charge in [0.25, 0.3) is 5.91 Å². The lowest BCUT2D eigenvalue weighted by molar-refractivity contribution is 0.0737. The van der Waals surface area contributed by atoms with Gasteiger partial charge >= 0.3 is 0 Å². The molecule has 2 heterocycles. The van der Waals surface area contributed by atoms with Crippen LogP contribution in [0, 0.1) is 13.8 Å². The number of rotatable bonds is 6. The number of anilines is 1. The Morgan fingerprint density at radius 1 is 0.971 bits per heavy atom. The molecule has 0 unspecified atom stereocenters. The third-order valence-corrected chi connectivity index (χ3v) is 9.11. The van der Waals surface area contributed by atoms with Crippen molar-refractivity contribution in [2.24, 2.45) is 7.05 Å². The average Bonchev–Trinajstić information content (AvgIpc) is 3.17. The second-order valence-electron chi connectivity index (χ2n) is 8.90. The second kappa shape index (κ2) is 9.43. The Morgan fingerprint density at radius 2 is 1.65 bits per heavy atom. The first-order valence-corrected chi connectivity index (χ1v) is 13.3. The van der Waals surface area contributed by atoms with E-state index in [2.05, 4.69) is 36.9 Å². The Balaban J connectivity index is 1.55. The van der Waals surface area contributed by atoms with Crippen LogP contribution < -0.4 is 4.90 Å². The van der Waals surface area contributed by atoms with E-state index >= 15 is 0 Å². The molecule has 0 radical (unpaired) electrons. The van der Waals surface area contributed by atoms with E-state index in [1.54, 1.807) is 18.2 Å². The fourth-order valence-electron chi connectivity index (χ4n) is 4.80. The molecule has 0 spiro atoms. The molecule has 0 saturated carbocycles. The highest BCUT2D eigenvalue weighted by Crippen LogP contribution is 2.27. The molecule has 1 aliphatic rings. The molecule has 1 amide bonds. The van der Waals surface area contributed by atoms with Gasteiger partial charge in [-0.3, -0.25) is 4.79 Å². The third kappa shape index (κ3) is 4.20. The van der Waals surface area contributed by atoms with Gasteiger partial charge in [-0.05, 0) is 55.3 Å². The van der Waals surface area contributed by atoms with Crippen molar-refractivity contribution in [2.75, 3.05) is 44.2 Å². The van der Waals surface area contributed by atoms with Crippen molar-refractivity contribution in [3.63, 3.8) is 0 Å². The number of fused-ring (bicyclic) bond motifs is 1. The van der Waals surface area contributed by atoms with Crippen LogP contribution in [0.4, 0.5) is 5.69 Å². The number of hydrogen-bond acceptors (Lipinski definition) is 4. The number of sulfonamides is 1. The van der Waals surface area contributed by atoms with Gasteiger partial charge < -0.3 is 14.4 Å². The van der Waals surface area contributed by atoms with E-state index in [0.717, 1.165) is 24.0 Å². The van der Waals surface area contributed by atoms with Gasteiger partial charge in [-0.25, -0.2) is 8.42 Å². The molecule has 1 aliphatic heterocycles. The first-order valence-electron chi connectivity index (χ1n) is 11.9. The Hall–Kier alpha value is -2.84. The van der Waals surface area contributed by atoms with Crippen LogP contribution in [-0.4, -0.2) is 67.4 Å². The summed E-state index contributed by atoms with van der Waals surface area (Å²) in [6.45, 7) is 11.6. The molecule has 1 saturated heterocycles. The number of benzene rings is 2.